The lowest BCUT2D eigenvalue weighted by Gasteiger charge is -2.25. The number of nitrogens with zero attached hydrogens (tertiary/aromatic N) is 2. The summed E-state index contributed by atoms with van der Waals surface area (Å²) in [5, 5.41) is 17.2. The van der Waals surface area contributed by atoms with Gasteiger partial charge in [0, 0.05) is 31.7 Å². The van der Waals surface area contributed by atoms with Gasteiger partial charge in [0.25, 0.3) is 5.91 Å². The second-order valence-corrected chi connectivity index (χ2v) is 5.17. The van der Waals surface area contributed by atoms with E-state index in [-0.39, 0.29) is 11.7 Å². The molecule has 1 fully saturated rings. The van der Waals surface area contributed by atoms with E-state index < -0.39 is 0 Å². The predicted octanol–water partition coefficient (Wildman–Crippen LogP) is 0.476. The molecular weight excluding hydrogens is 280 g/mol. The number of rotatable bonds is 6. The predicted molar refractivity (Wildman–Crippen MR) is 87.1 cm³/mol. The zero-order chi connectivity index (χ0) is 15.8. The van der Waals surface area contributed by atoms with Gasteiger partial charge in [0.2, 0.25) is 0 Å². The second-order valence-electron chi connectivity index (χ2n) is 5.17. The minimum atomic E-state index is -0.153. The average Bonchev–Trinajstić information content (AvgIpc) is 2.52. The molecule has 0 unspecified atom stereocenters. The van der Waals surface area contributed by atoms with Gasteiger partial charge >= 0.3 is 0 Å². The zero-order valence-electron chi connectivity index (χ0n) is 12.6. The number of phenols is 1. The summed E-state index contributed by atoms with van der Waals surface area (Å²) in [5.74, 6) is 0.0161. The summed E-state index contributed by atoms with van der Waals surface area (Å²) in [6, 6.07) is 5.41. The molecule has 0 aromatic heterocycles. The lowest BCUT2D eigenvalue weighted by Crippen LogP contribution is -2.47. The fourth-order valence-corrected chi connectivity index (χ4v) is 2.32. The molecule has 0 radical (unpaired) electrons. The third-order valence-electron chi connectivity index (χ3n) is 3.48. The van der Waals surface area contributed by atoms with Gasteiger partial charge in [-0.3, -0.25) is 9.69 Å². The normalized spacial score (nSPS) is 15.8. The molecule has 1 heterocycles. The van der Waals surface area contributed by atoms with Gasteiger partial charge in [-0.05, 0) is 18.1 Å². The van der Waals surface area contributed by atoms with E-state index in [1.165, 1.54) is 6.21 Å². The molecule has 1 amide bonds. The van der Waals surface area contributed by atoms with Gasteiger partial charge in [-0.15, -0.1) is 6.58 Å². The number of hydrazone groups is 1. The summed E-state index contributed by atoms with van der Waals surface area (Å²) < 4.78 is 0. The van der Waals surface area contributed by atoms with E-state index in [0.717, 1.165) is 31.7 Å². The molecule has 1 aliphatic heterocycles. The largest absolute Gasteiger partial charge is 0.507 e. The third-order valence-corrected chi connectivity index (χ3v) is 3.48. The smallest absolute Gasteiger partial charge is 0.254 e. The molecule has 6 heteroatoms. The van der Waals surface area contributed by atoms with Crippen LogP contribution in [0, 0.1) is 0 Å². The number of piperazine rings is 1. The molecule has 0 aliphatic carbocycles. The summed E-state index contributed by atoms with van der Waals surface area (Å²) in [4.78, 5) is 13.9. The van der Waals surface area contributed by atoms with Crippen molar-refractivity contribution in [3.63, 3.8) is 0 Å². The maximum atomic E-state index is 11.8. The minimum Gasteiger partial charge on any atom is -0.507 e. The molecule has 0 bridgehead atoms. The molecule has 3 N–H and O–H groups in total. The van der Waals surface area contributed by atoms with Crippen LogP contribution in [0.4, 0.5) is 0 Å². The van der Waals surface area contributed by atoms with Crippen LogP contribution in [-0.4, -0.2) is 54.9 Å². The Hall–Kier alpha value is -2.18. The van der Waals surface area contributed by atoms with E-state index in [2.05, 4.69) is 27.3 Å². The maximum absolute atomic E-state index is 11.8. The third kappa shape index (κ3) is 4.68. The summed E-state index contributed by atoms with van der Waals surface area (Å²) in [6.45, 7) is 7.52. The van der Waals surface area contributed by atoms with E-state index in [0.29, 0.717) is 18.5 Å². The number of phenolic OH excluding ortho intramolecular Hbond substituents is 1. The van der Waals surface area contributed by atoms with Crippen molar-refractivity contribution in [3.05, 3.63) is 42.0 Å². The molecule has 0 saturated carbocycles. The fourth-order valence-electron chi connectivity index (χ4n) is 2.32. The van der Waals surface area contributed by atoms with Crippen LogP contribution in [0.2, 0.25) is 0 Å². The highest BCUT2D eigenvalue weighted by Crippen LogP contribution is 2.21. The molecule has 2 rings (SSSR count). The molecule has 118 valence electrons. The average molecular weight is 302 g/mol. The number of hydrogen-bond donors (Lipinski definition) is 3. The van der Waals surface area contributed by atoms with Gasteiger partial charge in [0.05, 0.1) is 12.8 Å². The number of aromatic hydroxyl groups is 1. The molecular formula is C16H22N4O2. The number of benzene rings is 1. The first-order valence-electron chi connectivity index (χ1n) is 7.37. The molecule has 0 atom stereocenters. The van der Waals surface area contributed by atoms with Crippen LogP contribution >= 0.6 is 0 Å². The highest BCUT2D eigenvalue weighted by atomic mass is 16.3. The van der Waals surface area contributed by atoms with Crippen LogP contribution in [0.3, 0.4) is 0 Å². The Labute approximate surface area is 130 Å². The second kappa shape index (κ2) is 8.31. The van der Waals surface area contributed by atoms with Gasteiger partial charge in [0.15, 0.2) is 0 Å². The van der Waals surface area contributed by atoms with Crippen LogP contribution in [0.1, 0.15) is 11.1 Å². The van der Waals surface area contributed by atoms with E-state index in [1.54, 1.807) is 12.1 Å². The van der Waals surface area contributed by atoms with Crippen LogP contribution < -0.4 is 10.7 Å². The Bertz CT molecular complexity index is 551. The maximum Gasteiger partial charge on any atom is 0.254 e. The van der Waals surface area contributed by atoms with Crippen molar-refractivity contribution in [3.8, 4) is 5.75 Å². The minimum absolute atomic E-state index is 0.153. The summed E-state index contributed by atoms with van der Waals surface area (Å²) in [5.41, 5.74) is 3.85. The fraction of sp³-hybridized carbons (Fsp3) is 0.375. The monoisotopic (exact) mass is 302 g/mol. The Balaban J connectivity index is 1.87. The molecule has 0 spiro atoms. The highest BCUT2D eigenvalue weighted by Gasteiger charge is 2.12. The molecule has 6 nitrogen and oxygen atoms in total. The molecule has 1 aromatic rings. The number of nitrogens with one attached hydrogen (secondary N) is 2. The molecule has 1 aliphatic rings. The number of carbonyl (C=O) groups is 1. The van der Waals surface area contributed by atoms with E-state index in [4.69, 9.17) is 0 Å². The summed E-state index contributed by atoms with van der Waals surface area (Å²) in [6.07, 6.45) is 3.77. The Morgan fingerprint density at radius 1 is 1.45 bits per heavy atom. The highest BCUT2D eigenvalue weighted by molar-refractivity contribution is 5.86. The van der Waals surface area contributed by atoms with Gasteiger partial charge < -0.3 is 10.4 Å². The van der Waals surface area contributed by atoms with E-state index in [1.807, 2.05) is 12.1 Å². The Kier molecular flexibility index (Phi) is 6.12. The van der Waals surface area contributed by atoms with Gasteiger partial charge in [-0.2, -0.15) is 5.10 Å². The number of allylic oxidation sites excluding steroid dienone is 1. The number of amides is 1. The van der Waals surface area contributed by atoms with Crippen LogP contribution in [0.15, 0.2) is 36.0 Å². The molecule has 1 aromatic carbocycles. The van der Waals surface area contributed by atoms with Gasteiger partial charge in [0.1, 0.15) is 5.75 Å². The summed E-state index contributed by atoms with van der Waals surface area (Å²) in [7, 11) is 0. The molecule has 1 saturated heterocycles. The lowest BCUT2D eigenvalue weighted by molar-refractivity contribution is -0.122. The number of carbonyl (C=O) groups excluding carboxylic acids is 1. The van der Waals surface area contributed by atoms with Crippen molar-refractivity contribution in [2.75, 3.05) is 32.7 Å². The Morgan fingerprint density at radius 3 is 2.95 bits per heavy atom. The van der Waals surface area contributed by atoms with Crippen molar-refractivity contribution in [2.24, 2.45) is 5.10 Å². The van der Waals surface area contributed by atoms with E-state index >= 15 is 0 Å². The quantitative estimate of drug-likeness (QED) is 0.406. The van der Waals surface area contributed by atoms with Gasteiger partial charge in [-0.1, -0.05) is 18.2 Å². The van der Waals surface area contributed by atoms with Crippen molar-refractivity contribution in [1.29, 1.82) is 0 Å². The first-order chi connectivity index (χ1) is 10.7. The first-order valence-corrected chi connectivity index (χ1v) is 7.37. The number of hydrogen-bond acceptors (Lipinski definition) is 5. The van der Waals surface area contributed by atoms with Crippen molar-refractivity contribution in [1.82, 2.24) is 15.6 Å². The summed E-state index contributed by atoms with van der Waals surface area (Å²) >= 11 is 0. The van der Waals surface area contributed by atoms with Crippen LogP contribution in [-0.2, 0) is 11.2 Å². The van der Waals surface area contributed by atoms with Gasteiger partial charge in [-0.25, -0.2) is 5.43 Å². The van der Waals surface area contributed by atoms with Crippen molar-refractivity contribution < 1.29 is 9.90 Å². The van der Waals surface area contributed by atoms with Crippen LogP contribution in [0.25, 0.3) is 0 Å². The standard InChI is InChI=1S/C16H22N4O2/c1-2-4-13-5-3-6-14(16(13)22)11-18-19-15(21)12-20-9-7-17-8-10-20/h2-3,5-6,11,17,22H,1,4,7-10,12H2,(H,19,21). The number of para-hydroxylation sites is 1. The van der Waals surface area contributed by atoms with Crippen molar-refractivity contribution >= 4 is 12.1 Å². The topological polar surface area (TPSA) is 77.0 Å². The van der Waals surface area contributed by atoms with E-state index in [9.17, 15) is 9.90 Å². The Morgan fingerprint density at radius 2 is 2.23 bits per heavy atom. The van der Waals surface area contributed by atoms with Crippen LogP contribution in [0.5, 0.6) is 5.75 Å². The molecule has 22 heavy (non-hydrogen) atoms. The zero-order valence-corrected chi connectivity index (χ0v) is 12.6. The first kappa shape index (κ1) is 16.2. The van der Waals surface area contributed by atoms with Crippen molar-refractivity contribution in [2.45, 2.75) is 6.42 Å². The lowest BCUT2D eigenvalue weighted by atomic mass is 10.1. The SMILES string of the molecule is C=CCc1cccc(C=NNC(=O)CN2CCNCC2)c1O.